The van der Waals surface area contributed by atoms with Gasteiger partial charge in [0.1, 0.15) is 5.69 Å². The number of pyridine rings is 1. The molecule has 0 aliphatic heterocycles. The largest absolute Gasteiger partial charge is 0.397 e. The van der Waals surface area contributed by atoms with E-state index in [0.717, 1.165) is 5.56 Å². The van der Waals surface area contributed by atoms with Crippen molar-refractivity contribution in [3.63, 3.8) is 0 Å². The Morgan fingerprint density at radius 1 is 1.44 bits per heavy atom. The maximum Gasteiger partial charge on any atom is 0.272 e. The SMILES string of the molecule is CN(Cc1cnn(C)c1)C(=O)c1ccc(N)cn1. The van der Waals surface area contributed by atoms with Crippen LogP contribution < -0.4 is 5.73 Å². The number of carbonyl (C=O) groups is 1. The van der Waals surface area contributed by atoms with Gasteiger partial charge in [-0.25, -0.2) is 4.98 Å². The normalized spacial score (nSPS) is 10.3. The van der Waals surface area contributed by atoms with E-state index in [1.807, 2.05) is 13.2 Å². The number of aryl methyl sites for hydroxylation is 1. The lowest BCUT2D eigenvalue weighted by Crippen LogP contribution is -2.26. The lowest BCUT2D eigenvalue weighted by molar-refractivity contribution is 0.0779. The Hall–Kier alpha value is -2.37. The van der Waals surface area contributed by atoms with Crippen molar-refractivity contribution >= 4 is 11.6 Å². The number of anilines is 1. The summed E-state index contributed by atoms with van der Waals surface area (Å²) < 4.78 is 1.70. The summed E-state index contributed by atoms with van der Waals surface area (Å²) in [6.07, 6.45) is 5.09. The van der Waals surface area contributed by atoms with E-state index >= 15 is 0 Å². The molecule has 0 aromatic carbocycles. The third-order valence-corrected chi connectivity index (χ3v) is 2.53. The van der Waals surface area contributed by atoms with E-state index in [1.165, 1.54) is 6.20 Å². The molecule has 2 aromatic rings. The molecule has 2 heterocycles. The zero-order valence-corrected chi connectivity index (χ0v) is 10.4. The van der Waals surface area contributed by atoms with Crippen LogP contribution in [-0.4, -0.2) is 32.6 Å². The number of carbonyl (C=O) groups excluding carboxylic acids is 1. The Morgan fingerprint density at radius 3 is 2.78 bits per heavy atom. The van der Waals surface area contributed by atoms with Gasteiger partial charge in [-0.05, 0) is 12.1 Å². The molecule has 6 nitrogen and oxygen atoms in total. The van der Waals surface area contributed by atoms with Crippen molar-refractivity contribution in [3.05, 3.63) is 42.0 Å². The van der Waals surface area contributed by atoms with E-state index in [1.54, 1.807) is 35.0 Å². The van der Waals surface area contributed by atoms with Gasteiger partial charge in [-0.3, -0.25) is 9.48 Å². The van der Waals surface area contributed by atoms with Gasteiger partial charge < -0.3 is 10.6 Å². The lowest BCUT2D eigenvalue weighted by atomic mass is 10.3. The molecule has 1 amide bonds. The number of hydrogen-bond donors (Lipinski definition) is 1. The zero-order valence-electron chi connectivity index (χ0n) is 10.4. The Labute approximate surface area is 105 Å². The molecule has 0 atom stereocenters. The summed E-state index contributed by atoms with van der Waals surface area (Å²) in [7, 11) is 3.57. The third-order valence-electron chi connectivity index (χ3n) is 2.53. The quantitative estimate of drug-likeness (QED) is 0.862. The maximum absolute atomic E-state index is 12.1. The van der Waals surface area contributed by atoms with Crippen molar-refractivity contribution in [1.82, 2.24) is 19.7 Å². The summed E-state index contributed by atoms with van der Waals surface area (Å²) in [5.74, 6) is -0.140. The average Bonchev–Trinajstić information content (AvgIpc) is 2.75. The molecule has 0 bridgehead atoms. The van der Waals surface area contributed by atoms with E-state index in [4.69, 9.17) is 5.73 Å². The molecule has 2 aromatic heterocycles. The zero-order chi connectivity index (χ0) is 13.1. The van der Waals surface area contributed by atoms with Crippen LogP contribution in [-0.2, 0) is 13.6 Å². The van der Waals surface area contributed by atoms with Gasteiger partial charge in [0.2, 0.25) is 0 Å². The Balaban J connectivity index is 2.07. The van der Waals surface area contributed by atoms with Crippen molar-refractivity contribution in [1.29, 1.82) is 0 Å². The number of amides is 1. The van der Waals surface area contributed by atoms with Crippen molar-refractivity contribution in [3.8, 4) is 0 Å². The second-order valence-electron chi connectivity index (χ2n) is 4.16. The summed E-state index contributed by atoms with van der Waals surface area (Å²) in [4.78, 5) is 17.7. The van der Waals surface area contributed by atoms with Gasteiger partial charge in [-0.1, -0.05) is 0 Å². The molecule has 0 saturated heterocycles. The smallest absolute Gasteiger partial charge is 0.272 e. The Bertz CT molecular complexity index is 546. The molecular formula is C12H15N5O. The van der Waals surface area contributed by atoms with Crippen LogP contribution in [0.3, 0.4) is 0 Å². The predicted octanol–water partition coefficient (Wildman–Crippen LogP) is 0.669. The van der Waals surface area contributed by atoms with Crippen LogP contribution in [0.4, 0.5) is 5.69 Å². The molecule has 6 heteroatoms. The molecular weight excluding hydrogens is 230 g/mol. The van der Waals surface area contributed by atoms with E-state index in [2.05, 4.69) is 10.1 Å². The molecule has 0 spiro atoms. The average molecular weight is 245 g/mol. The number of nitrogen functional groups attached to an aromatic ring is 1. The summed E-state index contributed by atoms with van der Waals surface area (Å²) in [5, 5.41) is 4.06. The highest BCUT2D eigenvalue weighted by molar-refractivity contribution is 5.92. The first-order chi connectivity index (χ1) is 8.56. The first-order valence-corrected chi connectivity index (χ1v) is 5.51. The molecule has 0 aliphatic rings. The predicted molar refractivity (Wildman–Crippen MR) is 67.7 cm³/mol. The van der Waals surface area contributed by atoms with Crippen LogP contribution in [0.25, 0.3) is 0 Å². The summed E-state index contributed by atoms with van der Waals surface area (Å²) in [6, 6.07) is 3.29. The van der Waals surface area contributed by atoms with Gasteiger partial charge in [0.15, 0.2) is 0 Å². The number of rotatable bonds is 3. The second kappa shape index (κ2) is 4.87. The number of nitrogens with two attached hydrogens (primary N) is 1. The standard InChI is InChI=1S/C12H15N5O/c1-16(7-9-5-15-17(2)8-9)12(18)11-4-3-10(13)6-14-11/h3-6,8H,7,13H2,1-2H3. The first kappa shape index (κ1) is 12.1. The van der Waals surface area contributed by atoms with Crippen molar-refractivity contribution < 1.29 is 4.79 Å². The monoisotopic (exact) mass is 245 g/mol. The molecule has 0 aliphatic carbocycles. The van der Waals surface area contributed by atoms with Crippen molar-refractivity contribution in [2.75, 3.05) is 12.8 Å². The third kappa shape index (κ3) is 2.65. The van der Waals surface area contributed by atoms with Crippen LogP contribution in [0.15, 0.2) is 30.7 Å². The van der Waals surface area contributed by atoms with E-state index < -0.39 is 0 Å². The van der Waals surface area contributed by atoms with Crippen molar-refractivity contribution in [2.45, 2.75) is 6.54 Å². The first-order valence-electron chi connectivity index (χ1n) is 5.51. The van der Waals surface area contributed by atoms with Gasteiger partial charge in [0.25, 0.3) is 5.91 Å². The fraction of sp³-hybridized carbons (Fsp3) is 0.250. The lowest BCUT2D eigenvalue weighted by Gasteiger charge is -2.15. The minimum atomic E-state index is -0.140. The number of nitrogens with zero attached hydrogens (tertiary/aromatic N) is 4. The molecule has 2 rings (SSSR count). The van der Waals surface area contributed by atoms with Crippen LogP contribution in [0.2, 0.25) is 0 Å². The molecule has 0 unspecified atom stereocenters. The molecule has 0 saturated carbocycles. The van der Waals surface area contributed by atoms with Gasteiger partial charge in [0, 0.05) is 32.4 Å². The fourth-order valence-electron chi connectivity index (χ4n) is 1.63. The highest BCUT2D eigenvalue weighted by Crippen LogP contribution is 2.07. The van der Waals surface area contributed by atoms with Gasteiger partial charge in [0.05, 0.1) is 18.1 Å². The van der Waals surface area contributed by atoms with Crippen molar-refractivity contribution in [2.24, 2.45) is 7.05 Å². The molecule has 2 N–H and O–H groups in total. The summed E-state index contributed by atoms with van der Waals surface area (Å²) in [5.41, 5.74) is 7.43. The molecule has 94 valence electrons. The summed E-state index contributed by atoms with van der Waals surface area (Å²) >= 11 is 0. The van der Waals surface area contributed by atoms with Crippen LogP contribution in [0.1, 0.15) is 16.1 Å². The topological polar surface area (TPSA) is 77.0 Å². The number of aromatic nitrogens is 3. The Morgan fingerprint density at radius 2 is 2.22 bits per heavy atom. The minimum absolute atomic E-state index is 0.140. The molecule has 0 fully saturated rings. The van der Waals surface area contributed by atoms with E-state index in [9.17, 15) is 4.79 Å². The van der Waals surface area contributed by atoms with E-state index in [-0.39, 0.29) is 5.91 Å². The van der Waals surface area contributed by atoms with Gasteiger partial charge in [-0.15, -0.1) is 0 Å². The summed E-state index contributed by atoms with van der Waals surface area (Å²) in [6.45, 7) is 0.499. The molecule has 18 heavy (non-hydrogen) atoms. The van der Waals surface area contributed by atoms with Crippen LogP contribution in [0.5, 0.6) is 0 Å². The highest BCUT2D eigenvalue weighted by atomic mass is 16.2. The maximum atomic E-state index is 12.1. The Kier molecular flexibility index (Phi) is 3.27. The second-order valence-corrected chi connectivity index (χ2v) is 4.16. The fourth-order valence-corrected chi connectivity index (χ4v) is 1.63. The molecule has 0 radical (unpaired) electrons. The number of hydrogen-bond acceptors (Lipinski definition) is 4. The minimum Gasteiger partial charge on any atom is -0.397 e. The van der Waals surface area contributed by atoms with Crippen LogP contribution >= 0.6 is 0 Å². The van der Waals surface area contributed by atoms with Gasteiger partial charge >= 0.3 is 0 Å². The van der Waals surface area contributed by atoms with Gasteiger partial charge in [-0.2, -0.15) is 5.10 Å². The van der Waals surface area contributed by atoms with E-state index in [0.29, 0.717) is 17.9 Å². The highest BCUT2D eigenvalue weighted by Gasteiger charge is 2.13. The van der Waals surface area contributed by atoms with Crippen LogP contribution in [0, 0.1) is 0 Å².